The lowest BCUT2D eigenvalue weighted by atomic mass is 10.0. The maximum Gasteiger partial charge on any atom is 0.251 e. The Kier molecular flexibility index (Phi) is 6.92. The maximum absolute atomic E-state index is 12.3. The van der Waals surface area contributed by atoms with Crippen LogP contribution in [0.5, 0.6) is 0 Å². The van der Waals surface area contributed by atoms with Gasteiger partial charge in [0.05, 0.1) is 12.6 Å². The van der Waals surface area contributed by atoms with Gasteiger partial charge in [0.15, 0.2) is 0 Å². The van der Waals surface area contributed by atoms with E-state index >= 15 is 0 Å². The second-order valence-corrected chi connectivity index (χ2v) is 6.11. The largest absolute Gasteiger partial charge is 0.352 e. The minimum absolute atomic E-state index is 0.0409. The fourth-order valence-electron chi connectivity index (χ4n) is 2.86. The van der Waals surface area contributed by atoms with Gasteiger partial charge in [0.1, 0.15) is 0 Å². The zero-order valence-corrected chi connectivity index (χ0v) is 13.3. The summed E-state index contributed by atoms with van der Waals surface area (Å²) in [7, 11) is 0. The SMILES string of the molecule is N[C@@H](CCc1ccccc1)C(=O)NC1CCN(CC(F)F)CC1. The van der Waals surface area contributed by atoms with Crippen molar-refractivity contribution >= 4 is 5.91 Å². The molecule has 1 amide bonds. The quantitative estimate of drug-likeness (QED) is 0.804. The summed E-state index contributed by atoms with van der Waals surface area (Å²) in [6.45, 7) is 1.00. The number of carbonyl (C=O) groups excluding carboxylic acids is 1. The third kappa shape index (κ3) is 6.23. The molecule has 1 saturated heterocycles. The molecule has 0 aromatic heterocycles. The van der Waals surface area contributed by atoms with Gasteiger partial charge in [-0.3, -0.25) is 9.69 Å². The van der Waals surface area contributed by atoms with E-state index in [9.17, 15) is 13.6 Å². The van der Waals surface area contributed by atoms with Crippen molar-refractivity contribution in [3.05, 3.63) is 35.9 Å². The molecule has 0 spiro atoms. The summed E-state index contributed by atoms with van der Waals surface area (Å²) < 4.78 is 24.7. The molecule has 4 nitrogen and oxygen atoms in total. The summed E-state index contributed by atoms with van der Waals surface area (Å²) >= 11 is 0. The Balaban J connectivity index is 1.68. The zero-order valence-electron chi connectivity index (χ0n) is 13.3. The van der Waals surface area contributed by atoms with Crippen molar-refractivity contribution in [1.29, 1.82) is 0 Å². The topological polar surface area (TPSA) is 58.4 Å². The highest BCUT2D eigenvalue weighted by atomic mass is 19.3. The van der Waals surface area contributed by atoms with E-state index in [1.165, 1.54) is 0 Å². The Morgan fingerprint density at radius 1 is 1.26 bits per heavy atom. The van der Waals surface area contributed by atoms with E-state index < -0.39 is 12.5 Å². The van der Waals surface area contributed by atoms with Gasteiger partial charge in [0, 0.05) is 19.1 Å². The van der Waals surface area contributed by atoms with Crippen LogP contribution < -0.4 is 11.1 Å². The molecule has 0 aliphatic carbocycles. The highest BCUT2D eigenvalue weighted by molar-refractivity contribution is 5.81. The number of aryl methyl sites for hydroxylation is 1. The molecule has 6 heteroatoms. The molecule has 23 heavy (non-hydrogen) atoms. The van der Waals surface area contributed by atoms with E-state index in [1.807, 2.05) is 30.3 Å². The number of hydrogen-bond donors (Lipinski definition) is 2. The minimum atomic E-state index is -2.30. The number of nitrogens with one attached hydrogen (secondary N) is 1. The first-order valence-electron chi connectivity index (χ1n) is 8.15. The van der Waals surface area contributed by atoms with Crippen LogP contribution in [0.2, 0.25) is 0 Å². The number of halogens is 2. The van der Waals surface area contributed by atoms with Gasteiger partial charge in [-0.25, -0.2) is 8.78 Å². The molecule has 3 N–H and O–H groups in total. The summed E-state index contributed by atoms with van der Waals surface area (Å²) in [5, 5.41) is 2.95. The monoisotopic (exact) mass is 325 g/mol. The van der Waals surface area contributed by atoms with Crippen LogP contribution >= 0.6 is 0 Å². The first-order valence-corrected chi connectivity index (χ1v) is 8.15. The highest BCUT2D eigenvalue weighted by Crippen LogP contribution is 2.12. The number of nitrogens with two attached hydrogens (primary N) is 1. The molecule has 0 unspecified atom stereocenters. The van der Waals surface area contributed by atoms with Crippen LogP contribution in [-0.2, 0) is 11.2 Å². The van der Waals surface area contributed by atoms with E-state index in [2.05, 4.69) is 5.32 Å². The molecular weight excluding hydrogens is 300 g/mol. The Morgan fingerprint density at radius 3 is 2.52 bits per heavy atom. The summed E-state index contributed by atoms with van der Waals surface area (Å²) in [5.41, 5.74) is 7.12. The molecule has 0 radical (unpaired) electrons. The lowest BCUT2D eigenvalue weighted by molar-refractivity contribution is -0.123. The molecule has 1 heterocycles. The summed E-state index contributed by atoms with van der Waals surface area (Å²) in [6.07, 6.45) is 0.461. The first-order chi connectivity index (χ1) is 11.0. The van der Waals surface area contributed by atoms with Crippen LogP contribution in [0.1, 0.15) is 24.8 Å². The van der Waals surface area contributed by atoms with Crippen molar-refractivity contribution in [3.8, 4) is 0 Å². The van der Waals surface area contributed by atoms with E-state index in [1.54, 1.807) is 4.90 Å². The molecule has 0 saturated carbocycles. The second-order valence-electron chi connectivity index (χ2n) is 6.11. The predicted molar refractivity (Wildman–Crippen MR) is 86.3 cm³/mol. The van der Waals surface area contributed by atoms with Crippen molar-refractivity contribution in [1.82, 2.24) is 10.2 Å². The number of piperidine rings is 1. The fourth-order valence-corrected chi connectivity index (χ4v) is 2.86. The van der Waals surface area contributed by atoms with Gasteiger partial charge in [0.2, 0.25) is 5.91 Å². The third-order valence-corrected chi connectivity index (χ3v) is 4.25. The number of benzene rings is 1. The Hall–Kier alpha value is -1.53. The number of hydrogen-bond acceptors (Lipinski definition) is 3. The van der Waals surface area contributed by atoms with Crippen molar-refractivity contribution < 1.29 is 13.6 Å². The molecule has 128 valence electrons. The number of amides is 1. The molecular formula is C17H25F2N3O. The first kappa shape index (κ1) is 17.8. The van der Waals surface area contributed by atoms with Gasteiger partial charge in [-0.15, -0.1) is 0 Å². The van der Waals surface area contributed by atoms with Gasteiger partial charge in [-0.2, -0.15) is 0 Å². The van der Waals surface area contributed by atoms with Crippen LogP contribution in [0.15, 0.2) is 30.3 Å². The zero-order chi connectivity index (χ0) is 16.7. The van der Waals surface area contributed by atoms with Crippen molar-refractivity contribution in [2.45, 2.75) is 44.2 Å². The highest BCUT2D eigenvalue weighted by Gasteiger charge is 2.24. The average molecular weight is 325 g/mol. The van der Waals surface area contributed by atoms with Gasteiger partial charge < -0.3 is 11.1 Å². The lowest BCUT2D eigenvalue weighted by Gasteiger charge is -2.32. The third-order valence-electron chi connectivity index (χ3n) is 4.25. The number of nitrogens with zero attached hydrogens (tertiary/aromatic N) is 1. The molecule has 2 rings (SSSR count). The number of alkyl halides is 2. The van der Waals surface area contributed by atoms with E-state index in [0.717, 1.165) is 12.0 Å². The van der Waals surface area contributed by atoms with E-state index in [0.29, 0.717) is 32.4 Å². The summed E-state index contributed by atoms with van der Waals surface area (Å²) in [4.78, 5) is 13.9. The van der Waals surface area contributed by atoms with Crippen molar-refractivity contribution in [2.24, 2.45) is 5.73 Å². The molecule has 1 aliphatic rings. The minimum Gasteiger partial charge on any atom is -0.352 e. The average Bonchev–Trinajstić information content (AvgIpc) is 2.55. The normalized spacial score (nSPS) is 18.1. The lowest BCUT2D eigenvalue weighted by Crippen LogP contribution is -2.50. The number of likely N-dealkylation sites (tertiary alicyclic amines) is 1. The number of carbonyl (C=O) groups is 1. The second kappa shape index (κ2) is 8.93. The Morgan fingerprint density at radius 2 is 1.91 bits per heavy atom. The molecule has 1 aromatic rings. The van der Waals surface area contributed by atoms with Crippen molar-refractivity contribution in [2.75, 3.05) is 19.6 Å². The van der Waals surface area contributed by atoms with Crippen LogP contribution in [0.25, 0.3) is 0 Å². The number of rotatable bonds is 7. The molecule has 1 atom stereocenters. The van der Waals surface area contributed by atoms with Crippen molar-refractivity contribution in [3.63, 3.8) is 0 Å². The van der Waals surface area contributed by atoms with Gasteiger partial charge in [-0.05, 0) is 31.2 Å². The predicted octanol–water partition coefficient (Wildman–Crippen LogP) is 1.79. The van der Waals surface area contributed by atoms with Crippen LogP contribution in [0.3, 0.4) is 0 Å². The van der Waals surface area contributed by atoms with Gasteiger partial charge >= 0.3 is 0 Å². The summed E-state index contributed by atoms with van der Waals surface area (Å²) in [5.74, 6) is -0.145. The standard InChI is InChI=1S/C17H25F2N3O/c18-16(19)12-22-10-8-14(9-11-22)21-17(23)15(20)7-6-13-4-2-1-3-5-13/h1-5,14-16H,6-12,20H2,(H,21,23)/t15-/m0/s1. The Labute approximate surface area is 136 Å². The van der Waals surface area contributed by atoms with Gasteiger partial charge in [-0.1, -0.05) is 30.3 Å². The van der Waals surface area contributed by atoms with E-state index in [-0.39, 0.29) is 18.5 Å². The smallest absolute Gasteiger partial charge is 0.251 e. The molecule has 1 aromatic carbocycles. The maximum atomic E-state index is 12.3. The fraction of sp³-hybridized carbons (Fsp3) is 0.588. The van der Waals surface area contributed by atoms with Gasteiger partial charge in [0.25, 0.3) is 6.43 Å². The van der Waals surface area contributed by atoms with Crippen LogP contribution in [-0.4, -0.2) is 49.0 Å². The Bertz CT molecular complexity index is 476. The van der Waals surface area contributed by atoms with E-state index in [4.69, 9.17) is 5.73 Å². The van der Waals surface area contributed by atoms with Crippen LogP contribution in [0, 0.1) is 0 Å². The molecule has 1 aliphatic heterocycles. The summed E-state index contributed by atoms with van der Waals surface area (Å²) in [6, 6.07) is 9.43. The molecule has 0 bridgehead atoms. The molecule has 1 fully saturated rings. The van der Waals surface area contributed by atoms with Crippen LogP contribution in [0.4, 0.5) is 8.78 Å².